The van der Waals surface area contributed by atoms with Crippen molar-refractivity contribution in [2.75, 3.05) is 26.2 Å². The van der Waals surface area contributed by atoms with Crippen molar-refractivity contribution in [2.24, 2.45) is 0 Å². The molecule has 0 radical (unpaired) electrons. The minimum Gasteiger partial charge on any atom is -0.207 e. The molecule has 10 heteroatoms. The van der Waals surface area contributed by atoms with Gasteiger partial charge in [-0.3, -0.25) is 0 Å². The molecule has 2 aromatic carbocycles. The molecule has 0 spiro atoms. The van der Waals surface area contributed by atoms with Gasteiger partial charge in [0, 0.05) is 26.2 Å². The van der Waals surface area contributed by atoms with Gasteiger partial charge in [0.1, 0.15) is 21.4 Å². The van der Waals surface area contributed by atoms with Gasteiger partial charge in [-0.2, -0.15) is 8.61 Å². The molecular weight excluding hydrogens is 398 g/mol. The molecule has 0 saturated carbocycles. The Labute approximate surface area is 157 Å². The van der Waals surface area contributed by atoms with Crippen LogP contribution in [0.25, 0.3) is 0 Å². The van der Waals surface area contributed by atoms with Crippen molar-refractivity contribution in [3.63, 3.8) is 0 Å². The zero-order chi connectivity index (χ0) is 19.7. The Bertz CT molecular complexity index is 959. The SMILES string of the molecule is O=S(=O)(c1ccccc1F)N1CCCN(S(=O)(=O)c2ccccc2F)CC1. The van der Waals surface area contributed by atoms with E-state index in [9.17, 15) is 25.6 Å². The second-order valence-corrected chi connectivity index (χ2v) is 9.84. The highest BCUT2D eigenvalue weighted by molar-refractivity contribution is 7.89. The minimum absolute atomic E-state index is 0.0416. The molecule has 0 atom stereocenters. The molecule has 1 aliphatic rings. The van der Waals surface area contributed by atoms with E-state index in [4.69, 9.17) is 0 Å². The van der Waals surface area contributed by atoms with Gasteiger partial charge in [0.25, 0.3) is 0 Å². The Kier molecular flexibility index (Phi) is 5.61. The zero-order valence-corrected chi connectivity index (χ0v) is 15.9. The van der Waals surface area contributed by atoms with Crippen LogP contribution in [-0.4, -0.2) is 51.6 Å². The fourth-order valence-corrected chi connectivity index (χ4v) is 6.01. The zero-order valence-electron chi connectivity index (χ0n) is 14.3. The van der Waals surface area contributed by atoms with Crippen molar-refractivity contribution in [1.82, 2.24) is 8.61 Å². The van der Waals surface area contributed by atoms with Gasteiger partial charge in [0.05, 0.1) is 0 Å². The molecule has 0 aliphatic carbocycles. The maximum absolute atomic E-state index is 13.9. The topological polar surface area (TPSA) is 74.8 Å². The highest BCUT2D eigenvalue weighted by Crippen LogP contribution is 2.24. The molecule has 1 heterocycles. The third-order valence-corrected chi connectivity index (χ3v) is 8.19. The molecule has 0 bridgehead atoms. The first-order chi connectivity index (χ1) is 12.7. The average molecular weight is 416 g/mol. The molecule has 0 N–H and O–H groups in total. The summed E-state index contributed by atoms with van der Waals surface area (Å²) in [7, 11) is -8.19. The van der Waals surface area contributed by atoms with E-state index in [0.717, 1.165) is 20.7 Å². The van der Waals surface area contributed by atoms with Crippen molar-refractivity contribution in [2.45, 2.75) is 16.2 Å². The van der Waals surface area contributed by atoms with E-state index in [1.54, 1.807) is 0 Å². The lowest BCUT2D eigenvalue weighted by Gasteiger charge is -2.22. The van der Waals surface area contributed by atoms with Gasteiger partial charge < -0.3 is 0 Å². The number of sulfonamides is 2. The lowest BCUT2D eigenvalue weighted by Crippen LogP contribution is -2.37. The summed E-state index contributed by atoms with van der Waals surface area (Å²) in [5, 5.41) is 0. The smallest absolute Gasteiger partial charge is 0.207 e. The molecule has 1 aliphatic heterocycles. The van der Waals surface area contributed by atoms with Crippen molar-refractivity contribution >= 4 is 20.0 Å². The maximum Gasteiger partial charge on any atom is 0.246 e. The Hall–Kier alpha value is -1.88. The van der Waals surface area contributed by atoms with Gasteiger partial charge in [-0.25, -0.2) is 25.6 Å². The van der Waals surface area contributed by atoms with Gasteiger partial charge in [0.2, 0.25) is 20.0 Å². The highest BCUT2D eigenvalue weighted by Gasteiger charge is 2.33. The first-order valence-electron chi connectivity index (χ1n) is 8.24. The molecule has 1 fully saturated rings. The predicted octanol–water partition coefficient (Wildman–Crippen LogP) is 2.05. The van der Waals surface area contributed by atoms with Gasteiger partial charge in [-0.05, 0) is 30.7 Å². The van der Waals surface area contributed by atoms with Crippen molar-refractivity contribution in [3.05, 3.63) is 60.2 Å². The van der Waals surface area contributed by atoms with E-state index in [1.807, 2.05) is 0 Å². The second-order valence-electron chi connectivity index (χ2n) is 6.02. The molecule has 0 unspecified atom stereocenters. The third-order valence-electron chi connectivity index (χ3n) is 4.32. The highest BCUT2D eigenvalue weighted by atomic mass is 32.2. The van der Waals surface area contributed by atoms with Crippen LogP contribution in [0.4, 0.5) is 8.78 Å². The molecule has 0 aromatic heterocycles. The summed E-state index contributed by atoms with van der Waals surface area (Å²) < 4.78 is 80.8. The summed E-state index contributed by atoms with van der Waals surface area (Å²) in [6.07, 6.45) is 0.210. The number of halogens is 2. The monoisotopic (exact) mass is 416 g/mol. The molecule has 1 saturated heterocycles. The van der Waals surface area contributed by atoms with E-state index in [1.165, 1.54) is 36.4 Å². The number of rotatable bonds is 4. The standard InChI is InChI=1S/C17H18F2N2O4S2/c18-14-6-1-3-8-16(14)26(22,23)20-10-5-11-21(13-12-20)27(24,25)17-9-4-2-7-15(17)19/h1-4,6-9H,5,10-13H2. The summed E-state index contributed by atoms with van der Waals surface area (Å²) in [4.78, 5) is -0.897. The first-order valence-corrected chi connectivity index (χ1v) is 11.1. The largest absolute Gasteiger partial charge is 0.246 e. The van der Waals surface area contributed by atoms with Gasteiger partial charge in [0.15, 0.2) is 0 Å². The van der Waals surface area contributed by atoms with E-state index >= 15 is 0 Å². The van der Waals surface area contributed by atoms with Gasteiger partial charge in [-0.1, -0.05) is 24.3 Å². The van der Waals surface area contributed by atoms with Gasteiger partial charge in [-0.15, -0.1) is 0 Å². The Balaban J connectivity index is 1.84. The van der Waals surface area contributed by atoms with Crippen LogP contribution < -0.4 is 0 Å². The van der Waals surface area contributed by atoms with Crippen LogP contribution in [0.2, 0.25) is 0 Å². The summed E-state index contributed by atoms with van der Waals surface area (Å²) in [5.74, 6) is -1.73. The second kappa shape index (κ2) is 7.63. The van der Waals surface area contributed by atoms with Gasteiger partial charge >= 0.3 is 0 Å². The molecule has 3 rings (SSSR count). The van der Waals surface area contributed by atoms with E-state index in [0.29, 0.717) is 0 Å². The lowest BCUT2D eigenvalue weighted by molar-refractivity contribution is 0.401. The van der Waals surface area contributed by atoms with Crippen LogP contribution >= 0.6 is 0 Å². The number of benzene rings is 2. The predicted molar refractivity (Wildman–Crippen MR) is 94.9 cm³/mol. The molecule has 146 valence electrons. The maximum atomic E-state index is 13.9. The Morgan fingerprint density at radius 1 is 0.630 bits per heavy atom. The summed E-state index contributed by atoms with van der Waals surface area (Å²) >= 11 is 0. The summed E-state index contributed by atoms with van der Waals surface area (Å²) in [6.45, 7) is -0.214. The minimum atomic E-state index is -4.09. The fourth-order valence-electron chi connectivity index (χ4n) is 2.94. The fraction of sp³-hybridized carbons (Fsp3) is 0.294. The van der Waals surface area contributed by atoms with Crippen molar-refractivity contribution in [1.29, 1.82) is 0 Å². The number of hydrogen-bond acceptors (Lipinski definition) is 4. The lowest BCUT2D eigenvalue weighted by atomic mass is 10.3. The van der Waals surface area contributed by atoms with Crippen LogP contribution in [0.3, 0.4) is 0 Å². The van der Waals surface area contributed by atoms with Crippen molar-refractivity contribution < 1.29 is 25.6 Å². The molecule has 2 aromatic rings. The van der Waals surface area contributed by atoms with E-state index < -0.39 is 41.5 Å². The van der Waals surface area contributed by atoms with Crippen LogP contribution in [0.15, 0.2) is 58.3 Å². The Morgan fingerprint density at radius 2 is 1.00 bits per heavy atom. The average Bonchev–Trinajstić information content (AvgIpc) is 2.89. The first kappa shape index (κ1) is 19.9. The molecule has 27 heavy (non-hydrogen) atoms. The molecular formula is C17H18F2N2O4S2. The third kappa shape index (κ3) is 3.88. The van der Waals surface area contributed by atoms with Crippen LogP contribution in [-0.2, 0) is 20.0 Å². The number of nitrogens with zero attached hydrogens (tertiary/aromatic N) is 2. The van der Waals surface area contributed by atoms with Crippen LogP contribution in [0.5, 0.6) is 0 Å². The quantitative estimate of drug-likeness (QED) is 0.765. The van der Waals surface area contributed by atoms with E-state index in [-0.39, 0.29) is 32.6 Å². The summed E-state index contributed by atoms with van der Waals surface area (Å²) in [6, 6.07) is 10.1. The number of hydrogen-bond donors (Lipinski definition) is 0. The normalized spacial score (nSPS) is 17.6. The van der Waals surface area contributed by atoms with Crippen LogP contribution in [0, 0.1) is 11.6 Å². The summed E-state index contributed by atoms with van der Waals surface area (Å²) in [5.41, 5.74) is 0. The molecule has 6 nitrogen and oxygen atoms in total. The van der Waals surface area contributed by atoms with Crippen LogP contribution in [0.1, 0.15) is 6.42 Å². The molecule has 0 amide bonds. The van der Waals surface area contributed by atoms with Crippen molar-refractivity contribution in [3.8, 4) is 0 Å². The Morgan fingerprint density at radius 3 is 1.37 bits per heavy atom. The van der Waals surface area contributed by atoms with E-state index in [2.05, 4.69) is 0 Å².